The summed E-state index contributed by atoms with van der Waals surface area (Å²) in [5, 5.41) is 0. The second-order valence-electron chi connectivity index (χ2n) is 6.11. The van der Waals surface area contributed by atoms with Crippen molar-refractivity contribution in [2.24, 2.45) is 0 Å². The highest BCUT2D eigenvalue weighted by atomic mass is 31.2. The van der Waals surface area contributed by atoms with E-state index in [4.69, 9.17) is 28.7 Å². The van der Waals surface area contributed by atoms with Crippen molar-refractivity contribution < 1.29 is 66.1 Å². The van der Waals surface area contributed by atoms with Crippen LogP contribution < -0.4 is 0 Å². The van der Waals surface area contributed by atoms with E-state index in [9.17, 15) is 28.1 Å². The lowest BCUT2D eigenvalue weighted by Gasteiger charge is -2.44. The van der Waals surface area contributed by atoms with Gasteiger partial charge in [-0.05, 0) is 0 Å². The molecule has 1 aliphatic rings. The maximum absolute atomic E-state index is 14.8. The number of carbonyl (C=O) groups excluding carboxylic acids is 4. The molecule has 0 aromatic rings. The number of phosphoric acid groups is 1. The van der Waals surface area contributed by atoms with Gasteiger partial charge in [-0.25, -0.2) is 8.96 Å². The Hall–Kier alpha value is -2.12. The Morgan fingerprint density at radius 1 is 0.900 bits per heavy atom. The van der Waals surface area contributed by atoms with Crippen molar-refractivity contribution >= 4 is 31.7 Å². The maximum Gasteiger partial charge on any atom is 0.472 e. The van der Waals surface area contributed by atoms with Crippen molar-refractivity contribution in [3.63, 3.8) is 0 Å². The Bertz CT molecular complexity index is 707. The van der Waals surface area contributed by atoms with Gasteiger partial charge in [0, 0.05) is 27.7 Å². The third-order valence-electron chi connectivity index (χ3n) is 3.48. The molecule has 0 amide bonds. The molecule has 1 fully saturated rings. The summed E-state index contributed by atoms with van der Waals surface area (Å²) in [6.45, 7) is 2.90. The normalized spacial score (nSPS) is 27.5. The molecule has 30 heavy (non-hydrogen) atoms. The molecule has 0 spiro atoms. The van der Waals surface area contributed by atoms with E-state index in [2.05, 4.69) is 9.26 Å². The molecular weight excluding hydrogens is 438 g/mol. The molecule has 0 aliphatic carbocycles. The van der Waals surface area contributed by atoms with E-state index in [-0.39, 0.29) is 0 Å². The topological polar surface area (TPSA) is 181 Å². The van der Waals surface area contributed by atoms with Crippen LogP contribution in [0, 0.1) is 0 Å². The number of esters is 4. The van der Waals surface area contributed by atoms with Gasteiger partial charge in [0.15, 0.2) is 24.5 Å². The van der Waals surface area contributed by atoms with Crippen LogP contribution in [-0.4, -0.2) is 77.1 Å². The first-order chi connectivity index (χ1) is 13.7. The first-order valence-corrected chi connectivity index (χ1v) is 9.92. The zero-order valence-corrected chi connectivity index (χ0v) is 17.3. The third kappa shape index (κ3) is 8.32. The highest BCUT2D eigenvalue weighted by Crippen LogP contribution is 2.42. The zero-order valence-electron chi connectivity index (χ0n) is 16.4. The van der Waals surface area contributed by atoms with Gasteiger partial charge in [0.2, 0.25) is 6.29 Å². The summed E-state index contributed by atoms with van der Waals surface area (Å²) in [5.41, 5.74) is 0. The average molecular weight is 460 g/mol. The quantitative estimate of drug-likeness (QED) is 0.269. The summed E-state index contributed by atoms with van der Waals surface area (Å²) in [6.07, 6.45) is -11.6. The van der Waals surface area contributed by atoms with Crippen molar-refractivity contribution in [2.45, 2.75) is 64.6 Å². The molecule has 0 radical (unpaired) electrons. The molecule has 15 heteroatoms. The van der Waals surface area contributed by atoms with Gasteiger partial charge in [-0.15, -0.1) is 0 Å². The van der Waals surface area contributed by atoms with Crippen molar-refractivity contribution in [1.29, 1.82) is 0 Å². The van der Waals surface area contributed by atoms with Crippen LogP contribution in [-0.2, 0) is 52.0 Å². The van der Waals surface area contributed by atoms with Crippen molar-refractivity contribution in [3.8, 4) is 0 Å². The largest absolute Gasteiger partial charge is 0.472 e. The van der Waals surface area contributed by atoms with Gasteiger partial charge in [0.1, 0.15) is 12.7 Å². The van der Waals surface area contributed by atoms with Gasteiger partial charge >= 0.3 is 31.7 Å². The molecule has 2 unspecified atom stereocenters. The monoisotopic (exact) mass is 460 g/mol. The fraction of sp³-hybridized carbons (Fsp3) is 0.733. The minimum absolute atomic E-state index is 0.852. The lowest BCUT2D eigenvalue weighted by Crippen LogP contribution is -2.64. The average Bonchev–Trinajstić information content (AvgIpc) is 2.55. The third-order valence-corrected chi connectivity index (χ3v) is 3.96. The maximum atomic E-state index is 14.8. The summed E-state index contributed by atoms with van der Waals surface area (Å²) in [4.78, 5) is 63.7. The lowest BCUT2D eigenvalue weighted by molar-refractivity contribution is -0.296. The van der Waals surface area contributed by atoms with Crippen LogP contribution >= 0.6 is 7.82 Å². The number of hydrogen-bond donors (Lipinski definition) is 2. The van der Waals surface area contributed by atoms with E-state index in [1.807, 2.05) is 0 Å². The minimum atomic E-state index is -5.28. The number of ether oxygens (including phenoxy) is 5. The molecule has 0 aromatic carbocycles. The van der Waals surface area contributed by atoms with Crippen LogP contribution in [0.25, 0.3) is 0 Å². The molecule has 1 rings (SSSR count). The smallest absolute Gasteiger partial charge is 0.463 e. The van der Waals surface area contributed by atoms with Crippen LogP contribution in [0.1, 0.15) is 27.7 Å². The summed E-state index contributed by atoms with van der Waals surface area (Å²) < 4.78 is 55.0. The highest BCUT2D eigenvalue weighted by Gasteiger charge is 2.56. The zero-order chi connectivity index (χ0) is 23.2. The van der Waals surface area contributed by atoms with Crippen LogP contribution in [0.4, 0.5) is 4.39 Å². The summed E-state index contributed by atoms with van der Waals surface area (Å²) in [7, 11) is -5.28. The van der Waals surface area contributed by atoms with E-state index < -0.39 is 75.2 Å². The van der Waals surface area contributed by atoms with E-state index >= 15 is 0 Å². The minimum Gasteiger partial charge on any atom is -0.463 e. The number of phosphoric ester groups is 1. The van der Waals surface area contributed by atoms with Gasteiger partial charge in [-0.3, -0.25) is 23.7 Å². The Kier molecular flexibility index (Phi) is 9.31. The van der Waals surface area contributed by atoms with E-state index in [0.717, 1.165) is 27.7 Å². The summed E-state index contributed by atoms with van der Waals surface area (Å²) in [6, 6.07) is 0. The standard InChI is InChI=1S/C15H22FO13P/c1-6(17)24-5-10(16)11-12(25-7(2)18)13(26-8(3)19)14(27-9(4)20)15(28-11)29-30(21,22)23/h10-15H,5H2,1-4H3,(H2,21,22,23)/t10-,11?,12+,13?,14+,15-/m0/s1. The SMILES string of the molecule is CC(=O)OC[C@H](F)C1O[C@@H](OP(=O)(O)O)[C@H](OC(C)=O)C(OC(C)=O)[C@@H]1OC(C)=O. The van der Waals surface area contributed by atoms with E-state index in [1.54, 1.807) is 0 Å². The molecule has 13 nitrogen and oxygen atoms in total. The summed E-state index contributed by atoms with van der Waals surface area (Å²) in [5.74, 6) is -3.81. The fourth-order valence-electron chi connectivity index (χ4n) is 2.61. The fourth-order valence-corrected chi connectivity index (χ4v) is 3.05. The molecule has 1 heterocycles. The number of halogens is 1. The molecule has 172 valence electrons. The van der Waals surface area contributed by atoms with Gasteiger partial charge in [-0.2, -0.15) is 0 Å². The Balaban J connectivity index is 3.41. The van der Waals surface area contributed by atoms with Crippen molar-refractivity contribution in [3.05, 3.63) is 0 Å². The molecule has 0 saturated carbocycles. The first kappa shape index (κ1) is 25.9. The van der Waals surface area contributed by atoms with E-state index in [1.165, 1.54) is 0 Å². The first-order valence-electron chi connectivity index (χ1n) is 8.39. The Morgan fingerprint density at radius 2 is 1.37 bits per heavy atom. The molecule has 6 atom stereocenters. The number of alkyl halides is 1. The van der Waals surface area contributed by atoms with Gasteiger partial charge in [-0.1, -0.05) is 0 Å². The predicted octanol–water partition coefficient (Wildman–Crippen LogP) is -0.483. The predicted molar refractivity (Wildman–Crippen MR) is 90.0 cm³/mol. The van der Waals surface area contributed by atoms with E-state index in [0.29, 0.717) is 0 Å². The van der Waals surface area contributed by atoms with Crippen LogP contribution in [0.2, 0.25) is 0 Å². The van der Waals surface area contributed by atoms with Crippen molar-refractivity contribution in [2.75, 3.05) is 6.61 Å². The molecule has 1 saturated heterocycles. The van der Waals surface area contributed by atoms with Crippen LogP contribution in [0.3, 0.4) is 0 Å². The highest BCUT2D eigenvalue weighted by molar-refractivity contribution is 7.46. The van der Waals surface area contributed by atoms with Crippen LogP contribution in [0.5, 0.6) is 0 Å². The molecule has 0 aromatic heterocycles. The van der Waals surface area contributed by atoms with Gasteiger partial charge in [0.25, 0.3) is 0 Å². The number of hydrogen-bond acceptors (Lipinski definition) is 11. The Morgan fingerprint density at radius 3 is 1.80 bits per heavy atom. The number of carbonyl (C=O) groups is 4. The van der Waals surface area contributed by atoms with Crippen molar-refractivity contribution in [1.82, 2.24) is 0 Å². The molecular formula is C15H22FO13P. The van der Waals surface area contributed by atoms with Gasteiger partial charge < -0.3 is 33.5 Å². The molecule has 1 aliphatic heterocycles. The molecule has 0 bridgehead atoms. The van der Waals surface area contributed by atoms with Gasteiger partial charge in [0.05, 0.1) is 0 Å². The second kappa shape index (κ2) is 10.8. The Labute approximate surface area is 169 Å². The molecule has 2 N–H and O–H groups in total. The lowest BCUT2D eigenvalue weighted by atomic mass is 9.95. The summed E-state index contributed by atoms with van der Waals surface area (Å²) >= 11 is 0. The number of rotatable bonds is 8. The second-order valence-corrected chi connectivity index (χ2v) is 7.30. The van der Waals surface area contributed by atoms with Crippen LogP contribution in [0.15, 0.2) is 0 Å².